The number of carbonyl (C=O) groups excluding carboxylic acids is 2. The molecule has 1 heterocycles. The summed E-state index contributed by atoms with van der Waals surface area (Å²) in [4.78, 5) is 33.6. The molecule has 0 saturated heterocycles. The van der Waals surface area contributed by atoms with Gasteiger partial charge in [0, 0.05) is 16.4 Å². The molecule has 1 aromatic heterocycles. The molecule has 0 spiro atoms. The number of hydrogen-bond donors (Lipinski definition) is 2. The molecule has 1 aromatic carbocycles. The van der Waals surface area contributed by atoms with Crippen molar-refractivity contribution in [3.63, 3.8) is 0 Å². The van der Waals surface area contributed by atoms with Crippen LogP contribution in [0.25, 0.3) is 0 Å². The van der Waals surface area contributed by atoms with E-state index in [9.17, 15) is 9.59 Å². The number of amides is 2. The van der Waals surface area contributed by atoms with E-state index >= 15 is 0 Å². The van der Waals surface area contributed by atoms with E-state index in [2.05, 4.69) is 20.6 Å². The highest BCUT2D eigenvalue weighted by atomic mass is 16.5. The van der Waals surface area contributed by atoms with Crippen molar-refractivity contribution < 1.29 is 19.1 Å². The van der Waals surface area contributed by atoms with Crippen LogP contribution in [0.15, 0.2) is 24.4 Å². The Morgan fingerprint density at radius 3 is 2.06 bits per heavy atom. The minimum Gasteiger partial charge on any atom is -0.497 e. The van der Waals surface area contributed by atoms with Crippen LogP contribution >= 0.6 is 0 Å². The van der Waals surface area contributed by atoms with Gasteiger partial charge in [-0.2, -0.15) is 4.98 Å². The van der Waals surface area contributed by atoms with E-state index in [0.717, 1.165) is 11.3 Å². The molecule has 0 unspecified atom stereocenters. The predicted octanol–water partition coefficient (Wildman–Crippen LogP) is 5.37. The molecule has 0 aliphatic carbocycles. The van der Waals surface area contributed by atoms with Crippen LogP contribution in [-0.2, 0) is 9.59 Å². The van der Waals surface area contributed by atoms with Crippen molar-refractivity contribution >= 4 is 23.6 Å². The van der Waals surface area contributed by atoms with Crippen LogP contribution in [-0.4, -0.2) is 28.9 Å². The second-order valence-electron chi connectivity index (χ2n) is 9.98. The summed E-state index contributed by atoms with van der Waals surface area (Å²) < 4.78 is 11.5. The van der Waals surface area contributed by atoms with Crippen LogP contribution in [0.5, 0.6) is 17.2 Å². The van der Waals surface area contributed by atoms with Gasteiger partial charge in [0.15, 0.2) is 11.6 Å². The van der Waals surface area contributed by atoms with Gasteiger partial charge in [-0.1, -0.05) is 55.4 Å². The summed E-state index contributed by atoms with van der Waals surface area (Å²) in [6, 6.07) is 5.51. The van der Waals surface area contributed by atoms with Gasteiger partial charge in [0.2, 0.25) is 17.8 Å². The van der Waals surface area contributed by atoms with Crippen LogP contribution in [0.1, 0.15) is 66.9 Å². The Morgan fingerprint density at radius 2 is 1.53 bits per heavy atom. The topological polar surface area (TPSA) is 102 Å². The maximum atomic E-state index is 12.7. The number of carbonyl (C=O) groups is 2. The Balaban J connectivity index is 2.47. The molecule has 32 heavy (non-hydrogen) atoms. The molecule has 0 fully saturated rings. The van der Waals surface area contributed by atoms with E-state index in [1.54, 1.807) is 60.8 Å². The highest BCUT2D eigenvalue weighted by Crippen LogP contribution is 2.36. The van der Waals surface area contributed by atoms with Gasteiger partial charge in [0.1, 0.15) is 11.5 Å². The standard InChI is InChI=1S/C24H34N4O4/c1-14(2)16-12-15(31-9)10-11-17(16)32-18-13-25-22(28-21(30)24(6,7)8)27-19(18)26-20(29)23(3,4)5/h10-14H,1-9H3,(H2,25,26,27,28,29,30). The summed E-state index contributed by atoms with van der Waals surface area (Å²) in [5, 5.41) is 5.49. The van der Waals surface area contributed by atoms with Gasteiger partial charge >= 0.3 is 0 Å². The molecule has 2 aromatic rings. The van der Waals surface area contributed by atoms with Gasteiger partial charge in [0.05, 0.1) is 13.3 Å². The Morgan fingerprint density at radius 1 is 0.938 bits per heavy atom. The van der Waals surface area contributed by atoms with Crippen molar-refractivity contribution in [2.75, 3.05) is 17.7 Å². The van der Waals surface area contributed by atoms with E-state index in [1.807, 2.05) is 19.9 Å². The van der Waals surface area contributed by atoms with E-state index in [4.69, 9.17) is 9.47 Å². The molecular weight excluding hydrogens is 408 g/mol. The summed E-state index contributed by atoms with van der Waals surface area (Å²) >= 11 is 0. The van der Waals surface area contributed by atoms with Crippen LogP contribution in [0, 0.1) is 10.8 Å². The fourth-order valence-electron chi connectivity index (χ4n) is 2.50. The smallest absolute Gasteiger partial charge is 0.232 e. The van der Waals surface area contributed by atoms with Crippen LogP contribution in [0.4, 0.5) is 11.8 Å². The SMILES string of the molecule is COc1ccc(Oc2cnc(NC(=O)C(C)(C)C)nc2NC(=O)C(C)(C)C)c(C(C)C)c1. The van der Waals surface area contributed by atoms with E-state index in [-0.39, 0.29) is 35.2 Å². The van der Waals surface area contributed by atoms with E-state index in [1.165, 1.54) is 6.20 Å². The average Bonchev–Trinajstić information content (AvgIpc) is 2.68. The van der Waals surface area contributed by atoms with E-state index in [0.29, 0.717) is 5.75 Å². The van der Waals surface area contributed by atoms with Crippen molar-refractivity contribution in [2.45, 2.75) is 61.3 Å². The average molecular weight is 443 g/mol. The van der Waals surface area contributed by atoms with Gasteiger partial charge in [-0.25, -0.2) is 4.98 Å². The van der Waals surface area contributed by atoms with Crippen molar-refractivity contribution in [3.8, 4) is 17.2 Å². The second kappa shape index (κ2) is 9.54. The number of benzene rings is 1. The molecule has 174 valence electrons. The lowest BCUT2D eigenvalue weighted by Crippen LogP contribution is -2.30. The van der Waals surface area contributed by atoms with Gasteiger partial charge < -0.3 is 14.8 Å². The first kappa shape index (κ1) is 25.1. The highest BCUT2D eigenvalue weighted by Gasteiger charge is 2.26. The zero-order chi connectivity index (χ0) is 24.3. The third-order valence-corrected chi connectivity index (χ3v) is 4.63. The Labute approximate surface area is 190 Å². The van der Waals surface area contributed by atoms with Crippen molar-refractivity contribution in [1.82, 2.24) is 9.97 Å². The largest absolute Gasteiger partial charge is 0.497 e. The number of methoxy groups -OCH3 is 1. The van der Waals surface area contributed by atoms with Gasteiger partial charge in [-0.3, -0.25) is 14.9 Å². The second-order valence-corrected chi connectivity index (χ2v) is 9.98. The summed E-state index contributed by atoms with van der Waals surface area (Å²) in [5.74, 6) is 1.53. The Hall–Kier alpha value is -3.16. The van der Waals surface area contributed by atoms with Gasteiger partial charge in [-0.05, 0) is 24.1 Å². The van der Waals surface area contributed by atoms with Crippen molar-refractivity contribution in [3.05, 3.63) is 30.0 Å². The van der Waals surface area contributed by atoms with Crippen LogP contribution in [0.2, 0.25) is 0 Å². The highest BCUT2D eigenvalue weighted by molar-refractivity contribution is 5.96. The fourth-order valence-corrected chi connectivity index (χ4v) is 2.50. The molecular formula is C24H34N4O4. The number of hydrogen-bond acceptors (Lipinski definition) is 6. The molecule has 2 N–H and O–H groups in total. The minimum absolute atomic E-state index is 0.0836. The number of nitrogens with one attached hydrogen (secondary N) is 2. The predicted molar refractivity (Wildman–Crippen MR) is 125 cm³/mol. The van der Waals surface area contributed by atoms with Gasteiger partial charge in [-0.15, -0.1) is 0 Å². The summed E-state index contributed by atoms with van der Waals surface area (Å²) in [6.07, 6.45) is 1.44. The zero-order valence-corrected chi connectivity index (χ0v) is 20.4. The number of rotatable bonds is 6. The first-order chi connectivity index (χ1) is 14.7. The van der Waals surface area contributed by atoms with Gasteiger partial charge in [0.25, 0.3) is 0 Å². The molecule has 0 bridgehead atoms. The number of aromatic nitrogens is 2. The van der Waals surface area contributed by atoms with E-state index < -0.39 is 10.8 Å². The molecule has 0 atom stereocenters. The summed E-state index contributed by atoms with van der Waals surface area (Å²) in [6.45, 7) is 14.9. The Bertz CT molecular complexity index is 988. The first-order valence-corrected chi connectivity index (χ1v) is 10.6. The maximum Gasteiger partial charge on any atom is 0.232 e. The number of anilines is 2. The zero-order valence-electron chi connectivity index (χ0n) is 20.4. The minimum atomic E-state index is -0.653. The third kappa shape index (κ3) is 6.42. The molecule has 0 aliphatic rings. The summed E-state index contributed by atoms with van der Waals surface area (Å²) in [5.41, 5.74) is -0.342. The fraction of sp³-hybridized carbons (Fsp3) is 0.500. The maximum absolute atomic E-state index is 12.7. The molecule has 8 nitrogen and oxygen atoms in total. The number of ether oxygens (including phenoxy) is 2. The molecule has 2 amide bonds. The van der Waals surface area contributed by atoms with Crippen molar-refractivity contribution in [2.24, 2.45) is 10.8 Å². The first-order valence-electron chi connectivity index (χ1n) is 10.6. The normalized spacial score (nSPS) is 11.8. The molecule has 0 radical (unpaired) electrons. The monoisotopic (exact) mass is 442 g/mol. The Kier molecular flexibility index (Phi) is 7.49. The molecule has 8 heteroatoms. The van der Waals surface area contributed by atoms with Crippen LogP contribution in [0.3, 0.4) is 0 Å². The third-order valence-electron chi connectivity index (χ3n) is 4.63. The quantitative estimate of drug-likeness (QED) is 0.623. The summed E-state index contributed by atoms with van der Waals surface area (Å²) in [7, 11) is 1.61. The number of nitrogens with zero attached hydrogens (tertiary/aromatic N) is 2. The molecule has 2 rings (SSSR count). The lowest BCUT2D eigenvalue weighted by Gasteiger charge is -2.21. The lowest BCUT2D eigenvalue weighted by molar-refractivity contribution is -0.123. The van der Waals surface area contributed by atoms with Crippen LogP contribution < -0.4 is 20.1 Å². The van der Waals surface area contributed by atoms with Crippen molar-refractivity contribution in [1.29, 1.82) is 0 Å². The molecule has 0 aliphatic heterocycles. The molecule has 0 saturated carbocycles. The lowest BCUT2D eigenvalue weighted by atomic mass is 9.96.